The third-order valence-corrected chi connectivity index (χ3v) is 6.60. The summed E-state index contributed by atoms with van der Waals surface area (Å²) in [5.41, 5.74) is 2.57. The van der Waals surface area contributed by atoms with Gasteiger partial charge in [-0.25, -0.2) is 0 Å². The number of benzene rings is 2. The summed E-state index contributed by atoms with van der Waals surface area (Å²) in [6.45, 7) is 6.09. The van der Waals surface area contributed by atoms with Crippen LogP contribution in [0.4, 0.5) is 5.69 Å². The number of anilines is 1. The summed E-state index contributed by atoms with van der Waals surface area (Å²) < 4.78 is 17.5. The topological polar surface area (TPSA) is 86.7 Å². The monoisotopic (exact) mass is 480 g/mol. The number of nitrogens with zero attached hydrogens (tertiary/aromatic N) is 4. The Morgan fingerprint density at radius 3 is 2.65 bits per heavy atom. The van der Waals surface area contributed by atoms with Gasteiger partial charge in [-0.15, -0.1) is 10.2 Å². The van der Waals surface area contributed by atoms with Crippen molar-refractivity contribution >= 4 is 23.4 Å². The molecule has 8 nitrogen and oxygen atoms in total. The van der Waals surface area contributed by atoms with Crippen molar-refractivity contribution in [2.45, 2.75) is 38.6 Å². The maximum absolute atomic E-state index is 13.3. The predicted molar refractivity (Wildman–Crippen MR) is 132 cm³/mol. The fourth-order valence-corrected chi connectivity index (χ4v) is 4.41. The number of amides is 1. The number of methoxy groups -OCH3 is 2. The molecule has 3 aromatic rings. The van der Waals surface area contributed by atoms with E-state index in [2.05, 4.69) is 24.0 Å². The first-order valence-electron chi connectivity index (χ1n) is 11.1. The molecule has 0 N–H and O–H groups in total. The lowest BCUT2D eigenvalue weighted by Crippen LogP contribution is -2.37. The second kappa shape index (κ2) is 10.3. The first kappa shape index (κ1) is 23.8. The number of carbonyl (C=O) groups excluding carboxylic acids is 1. The molecule has 34 heavy (non-hydrogen) atoms. The average molecular weight is 481 g/mol. The lowest BCUT2D eigenvalue weighted by atomic mass is 10.1. The molecule has 1 aromatic heterocycles. The maximum Gasteiger partial charge on any atom is 0.247 e. The van der Waals surface area contributed by atoms with E-state index in [0.29, 0.717) is 45.4 Å². The van der Waals surface area contributed by atoms with Crippen LogP contribution in [0.5, 0.6) is 17.4 Å². The molecule has 0 aliphatic carbocycles. The molecule has 2 heterocycles. The number of ether oxygens (including phenoxy) is 3. The SMILES string of the molecule is CCC(=O)N1c2ccccc2-c2nnc(SCC(C)C)nc2O[C@@H]1c1ccc(OC)cc1OC. The van der Waals surface area contributed by atoms with Gasteiger partial charge in [0.15, 0.2) is 5.69 Å². The van der Waals surface area contributed by atoms with Crippen LogP contribution in [0.25, 0.3) is 11.3 Å². The van der Waals surface area contributed by atoms with Crippen molar-refractivity contribution in [3.8, 4) is 28.6 Å². The molecular weight excluding hydrogens is 452 g/mol. The van der Waals surface area contributed by atoms with Crippen molar-refractivity contribution < 1.29 is 19.0 Å². The van der Waals surface area contributed by atoms with Crippen molar-refractivity contribution in [1.29, 1.82) is 0 Å². The van der Waals surface area contributed by atoms with Gasteiger partial charge in [0.05, 0.1) is 25.5 Å². The van der Waals surface area contributed by atoms with Crippen LogP contribution in [-0.4, -0.2) is 41.1 Å². The Bertz CT molecular complexity index is 1190. The summed E-state index contributed by atoms with van der Waals surface area (Å²) in [6.07, 6.45) is -0.534. The number of fused-ring (bicyclic) bond motifs is 3. The molecule has 0 unspecified atom stereocenters. The molecule has 1 amide bonds. The van der Waals surface area contributed by atoms with Gasteiger partial charge in [0.2, 0.25) is 23.2 Å². The third kappa shape index (κ3) is 4.65. The Hall–Kier alpha value is -3.33. The molecule has 1 atom stereocenters. The molecular formula is C25H28N4O4S. The predicted octanol–water partition coefficient (Wildman–Crippen LogP) is 5.14. The Kier molecular flexibility index (Phi) is 7.21. The number of rotatable bonds is 7. The normalized spacial score (nSPS) is 14.6. The second-order valence-corrected chi connectivity index (χ2v) is 9.15. The first-order valence-corrected chi connectivity index (χ1v) is 12.1. The summed E-state index contributed by atoms with van der Waals surface area (Å²) >= 11 is 1.52. The van der Waals surface area contributed by atoms with Crippen LogP contribution in [0.2, 0.25) is 0 Å². The van der Waals surface area contributed by atoms with E-state index in [-0.39, 0.29) is 12.3 Å². The van der Waals surface area contributed by atoms with Crippen molar-refractivity contribution in [2.75, 3.05) is 24.9 Å². The van der Waals surface area contributed by atoms with Crippen molar-refractivity contribution in [1.82, 2.24) is 15.2 Å². The Balaban J connectivity index is 1.91. The molecule has 0 bridgehead atoms. The smallest absolute Gasteiger partial charge is 0.247 e. The van der Waals surface area contributed by atoms with Crippen LogP contribution in [0.1, 0.15) is 39.0 Å². The molecule has 0 spiro atoms. The highest BCUT2D eigenvalue weighted by Gasteiger charge is 2.36. The van der Waals surface area contributed by atoms with Crippen LogP contribution in [0, 0.1) is 5.92 Å². The van der Waals surface area contributed by atoms with Gasteiger partial charge < -0.3 is 14.2 Å². The highest BCUT2D eigenvalue weighted by atomic mass is 32.2. The quantitative estimate of drug-likeness (QED) is 0.430. The number of thioether (sulfide) groups is 1. The number of para-hydroxylation sites is 1. The van der Waals surface area contributed by atoms with E-state index in [0.717, 1.165) is 11.3 Å². The molecule has 0 radical (unpaired) electrons. The van der Waals surface area contributed by atoms with Gasteiger partial charge >= 0.3 is 0 Å². The summed E-state index contributed by atoms with van der Waals surface area (Å²) in [5, 5.41) is 9.32. The van der Waals surface area contributed by atoms with Gasteiger partial charge in [-0.05, 0) is 24.1 Å². The zero-order valence-electron chi connectivity index (χ0n) is 19.9. The second-order valence-electron chi connectivity index (χ2n) is 8.17. The highest BCUT2D eigenvalue weighted by molar-refractivity contribution is 7.99. The number of hydrogen-bond acceptors (Lipinski definition) is 8. The van der Waals surface area contributed by atoms with Gasteiger partial charge in [-0.2, -0.15) is 4.98 Å². The Labute approximate surface area is 203 Å². The van der Waals surface area contributed by atoms with E-state index in [1.165, 1.54) is 11.8 Å². The minimum Gasteiger partial charge on any atom is -0.497 e. The van der Waals surface area contributed by atoms with E-state index in [4.69, 9.17) is 19.2 Å². The standard InChI is InChI=1S/C25H28N4O4S/c1-6-21(30)29-19-10-8-7-9-17(19)22-23(26-25(28-27-22)34-14-15(2)3)33-24(29)18-12-11-16(31-4)13-20(18)32-5/h7-13,15,24H,6,14H2,1-5H3/t24-/m1/s1. The molecule has 0 saturated heterocycles. The summed E-state index contributed by atoms with van der Waals surface area (Å²) in [6, 6.07) is 13.0. The van der Waals surface area contributed by atoms with Crippen LogP contribution in [0.3, 0.4) is 0 Å². The van der Waals surface area contributed by atoms with Crippen molar-refractivity contribution in [3.63, 3.8) is 0 Å². The minimum atomic E-state index is -0.824. The number of carbonyl (C=O) groups is 1. The third-order valence-electron chi connectivity index (χ3n) is 5.34. The largest absolute Gasteiger partial charge is 0.497 e. The van der Waals surface area contributed by atoms with Gasteiger partial charge in [-0.3, -0.25) is 9.69 Å². The molecule has 9 heteroatoms. The van der Waals surface area contributed by atoms with Crippen LogP contribution in [0.15, 0.2) is 47.6 Å². The van der Waals surface area contributed by atoms with Gasteiger partial charge in [0.25, 0.3) is 0 Å². The Morgan fingerprint density at radius 2 is 1.94 bits per heavy atom. The van der Waals surface area contributed by atoms with Gasteiger partial charge in [0, 0.05) is 23.8 Å². The maximum atomic E-state index is 13.3. The Morgan fingerprint density at radius 1 is 1.15 bits per heavy atom. The zero-order chi connectivity index (χ0) is 24.2. The molecule has 1 aliphatic rings. The molecule has 178 valence electrons. The fraction of sp³-hybridized carbons (Fsp3) is 0.360. The van der Waals surface area contributed by atoms with Crippen LogP contribution in [-0.2, 0) is 4.79 Å². The van der Waals surface area contributed by atoms with Gasteiger partial charge in [0.1, 0.15) is 11.5 Å². The molecule has 2 aromatic carbocycles. The minimum absolute atomic E-state index is 0.106. The summed E-state index contributed by atoms with van der Waals surface area (Å²) in [7, 11) is 3.17. The van der Waals surface area contributed by atoms with E-state index < -0.39 is 6.23 Å². The molecule has 0 fully saturated rings. The molecule has 0 saturated carbocycles. The highest BCUT2D eigenvalue weighted by Crippen LogP contribution is 2.45. The van der Waals surface area contributed by atoms with Crippen LogP contribution < -0.4 is 19.1 Å². The van der Waals surface area contributed by atoms with E-state index in [1.54, 1.807) is 25.2 Å². The summed E-state index contributed by atoms with van der Waals surface area (Å²) in [4.78, 5) is 19.6. The van der Waals surface area contributed by atoms with Crippen LogP contribution >= 0.6 is 11.8 Å². The number of aromatic nitrogens is 3. The number of hydrogen-bond donors (Lipinski definition) is 0. The van der Waals surface area contributed by atoms with Crippen molar-refractivity contribution in [3.05, 3.63) is 48.0 Å². The van der Waals surface area contributed by atoms with Crippen molar-refractivity contribution in [2.24, 2.45) is 5.92 Å². The van der Waals surface area contributed by atoms with E-state index >= 15 is 0 Å². The summed E-state index contributed by atoms with van der Waals surface area (Å²) in [5.74, 6) is 2.72. The van der Waals surface area contributed by atoms with E-state index in [1.807, 2.05) is 43.3 Å². The van der Waals surface area contributed by atoms with Gasteiger partial charge in [-0.1, -0.05) is 50.7 Å². The van der Waals surface area contributed by atoms with E-state index in [9.17, 15) is 4.79 Å². The molecule has 1 aliphatic heterocycles. The fourth-order valence-electron chi connectivity index (χ4n) is 3.68. The average Bonchev–Trinajstić information content (AvgIpc) is 3.00. The lowest BCUT2D eigenvalue weighted by Gasteiger charge is -2.31. The first-order chi connectivity index (χ1) is 16.5. The molecule has 4 rings (SSSR count). The lowest BCUT2D eigenvalue weighted by molar-refractivity contribution is -0.120. The zero-order valence-corrected chi connectivity index (χ0v) is 20.8.